The van der Waals surface area contributed by atoms with Gasteiger partial charge in [-0.05, 0) is 18.6 Å². The maximum absolute atomic E-state index is 12.9. The Hall–Kier alpha value is -2.18. The van der Waals surface area contributed by atoms with Crippen LogP contribution in [0.5, 0.6) is 0 Å². The van der Waals surface area contributed by atoms with Crippen LogP contribution in [-0.2, 0) is 0 Å². The van der Waals surface area contributed by atoms with E-state index in [0.717, 1.165) is 12.1 Å². The van der Waals surface area contributed by atoms with E-state index in [2.05, 4.69) is 4.98 Å². The van der Waals surface area contributed by atoms with Gasteiger partial charge in [0.1, 0.15) is 11.4 Å². The van der Waals surface area contributed by atoms with Gasteiger partial charge in [-0.2, -0.15) is 13.2 Å². The van der Waals surface area contributed by atoms with Crippen molar-refractivity contribution < 1.29 is 27.9 Å². The lowest BCUT2D eigenvalue weighted by Gasteiger charge is -2.20. The van der Waals surface area contributed by atoms with Gasteiger partial charge in [-0.1, -0.05) is 6.08 Å². The Balaban J connectivity index is 2.72. The van der Waals surface area contributed by atoms with Crippen molar-refractivity contribution in [3.8, 4) is 0 Å². The molecule has 0 atom stereocenters. The fourth-order valence-electron chi connectivity index (χ4n) is 1.97. The first-order valence-corrected chi connectivity index (χ1v) is 5.27. The second kappa shape index (κ2) is 4.18. The predicted octanol–water partition coefficient (Wildman–Crippen LogP) is 2.62. The zero-order valence-electron chi connectivity index (χ0n) is 9.71. The zero-order chi connectivity index (χ0) is 14.4. The van der Waals surface area contributed by atoms with Gasteiger partial charge in [0.05, 0.1) is 5.57 Å². The summed E-state index contributed by atoms with van der Waals surface area (Å²) < 4.78 is 38.6. The van der Waals surface area contributed by atoms with E-state index in [9.17, 15) is 22.8 Å². The summed E-state index contributed by atoms with van der Waals surface area (Å²) in [6.45, 7) is 1.32. The van der Waals surface area contributed by atoms with E-state index in [0.29, 0.717) is 0 Å². The summed E-state index contributed by atoms with van der Waals surface area (Å²) in [4.78, 5) is 26.0. The van der Waals surface area contributed by atoms with Gasteiger partial charge in [0, 0.05) is 12.0 Å². The molecule has 0 saturated carbocycles. The fraction of sp³-hybridized carbons (Fsp3) is 0.250. The number of alkyl halides is 3. The summed E-state index contributed by atoms with van der Waals surface area (Å²) in [5, 5.41) is 8.81. The highest BCUT2D eigenvalue weighted by Gasteiger charge is 2.40. The van der Waals surface area contributed by atoms with Crippen LogP contribution in [0.2, 0.25) is 0 Å². The van der Waals surface area contributed by atoms with Crippen LogP contribution < -0.4 is 0 Å². The standard InChI is InChI=1S/C12H8F3NO3/c1-5-4-7(11(18)19)16-10-8(17)3-2-6(9(5)10)12(13,14)15/h2,4H,3H2,1H3,(H,18,19). The highest BCUT2D eigenvalue weighted by molar-refractivity contribution is 6.05. The van der Waals surface area contributed by atoms with E-state index < -0.39 is 41.3 Å². The molecule has 0 saturated heterocycles. The molecule has 0 amide bonds. The quantitative estimate of drug-likeness (QED) is 0.852. The third-order valence-electron chi connectivity index (χ3n) is 2.77. The molecule has 19 heavy (non-hydrogen) atoms. The number of halogens is 3. The minimum Gasteiger partial charge on any atom is -0.477 e. The molecule has 2 rings (SSSR count). The van der Waals surface area contributed by atoms with Crippen molar-refractivity contribution in [1.82, 2.24) is 4.98 Å². The second-order valence-corrected chi connectivity index (χ2v) is 4.10. The van der Waals surface area contributed by atoms with Crippen molar-refractivity contribution in [2.75, 3.05) is 0 Å². The monoisotopic (exact) mass is 271 g/mol. The first-order valence-electron chi connectivity index (χ1n) is 5.27. The summed E-state index contributed by atoms with van der Waals surface area (Å²) in [6, 6.07) is 1.03. The molecule has 0 spiro atoms. The third-order valence-corrected chi connectivity index (χ3v) is 2.77. The molecule has 100 valence electrons. The fourth-order valence-corrected chi connectivity index (χ4v) is 1.97. The minimum absolute atomic E-state index is 0.0685. The van der Waals surface area contributed by atoms with Crippen molar-refractivity contribution in [3.63, 3.8) is 0 Å². The van der Waals surface area contributed by atoms with Crippen LogP contribution in [0.25, 0.3) is 5.57 Å². The largest absolute Gasteiger partial charge is 0.477 e. The number of rotatable bonds is 1. The van der Waals surface area contributed by atoms with E-state index in [1.165, 1.54) is 6.92 Å². The first kappa shape index (κ1) is 13.3. The Labute approximate surface area is 105 Å². The van der Waals surface area contributed by atoms with Crippen LogP contribution in [0.4, 0.5) is 13.2 Å². The number of carboxylic acid groups (broad SMARTS) is 1. The number of pyridine rings is 1. The highest BCUT2D eigenvalue weighted by atomic mass is 19.4. The van der Waals surface area contributed by atoms with Gasteiger partial charge in [-0.3, -0.25) is 4.79 Å². The minimum atomic E-state index is -4.60. The van der Waals surface area contributed by atoms with Crippen LogP contribution in [0.1, 0.15) is 38.5 Å². The molecule has 1 heterocycles. The lowest BCUT2D eigenvalue weighted by Crippen LogP contribution is -2.22. The van der Waals surface area contributed by atoms with Gasteiger partial charge >= 0.3 is 12.1 Å². The van der Waals surface area contributed by atoms with Crippen molar-refractivity contribution in [2.24, 2.45) is 0 Å². The molecule has 1 aliphatic rings. The Bertz CT molecular complexity index is 617. The maximum Gasteiger partial charge on any atom is 0.416 e. The maximum atomic E-state index is 12.9. The van der Waals surface area contributed by atoms with Crippen LogP contribution >= 0.6 is 0 Å². The number of carbonyl (C=O) groups is 2. The van der Waals surface area contributed by atoms with Crippen LogP contribution in [-0.4, -0.2) is 28.0 Å². The van der Waals surface area contributed by atoms with E-state index in [4.69, 9.17) is 5.11 Å². The highest BCUT2D eigenvalue weighted by Crippen LogP contribution is 2.39. The smallest absolute Gasteiger partial charge is 0.416 e. The molecule has 4 nitrogen and oxygen atoms in total. The number of allylic oxidation sites excluding steroid dienone is 2. The lowest BCUT2D eigenvalue weighted by molar-refractivity contribution is -0.0692. The van der Waals surface area contributed by atoms with Gasteiger partial charge in [0.15, 0.2) is 5.78 Å². The molecule has 1 aromatic rings. The van der Waals surface area contributed by atoms with Crippen molar-refractivity contribution in [2.45, 2.75) is 19.5 Å². The number of fused-ring (bicyclic) bond motifs is 1. The predicted molar refractivity (Wildman–Crippen MR) is 58.9 cm³/mol. The van der Waals surface area contributed by atoms with Gasteiger partial charge in [0.2, 0.25) is 0 Å². The SMILES string of the molecule is Cc1cc(C(=O)O)nc2c1C(C(F)(F)F)=CCC2=O. The number of hydrogen-bond acceptors (Lipinski definition) is 3. The summed E-state index contributed by atoms with van der Waals surface area (Å²) in [5.41, 5.74) is -2.06. The Morgan fingerprint density at radius 1 is 1.42 bits per heavy atom. The lowest BCUT2D eigenvalue weighted by atomic mass is 9.89. The summed E-state index contributed by atoms with van der Waals surface area (Å²) in [6.07, 6.45) is -4.23. The molecule has 0 aromatic carbocycles. The molecule has 0 fully saturated rings. The molecule has 7 heteroatoms. The number of carbonyl (C=O) groups excluding carboxylic acids is 1. The van der Waals surface area contributed by atoms with Crippen molar-refractivity contribution in [1.29, 1.82) is 0 Å². The van der Waals surface area contributed by atoms with Crippen LogP contribution in [0.3, 0.4) is 0 Å². The Kier molecular flexibility index (Phi) is 2.92. The van der Waals surface area contributed by atoms with Gasteiger partial charge in [-0.15, -0.1) is 0 Å². The summed E-state index contributed by atoms with van der Waals surface area (Å²) in [5.74, 6) is -2.00. The number of ketones is 1. The summed E-state index contributed by atoms with van der Waals surface area (Å²) in [7, 11) is 0. The average molecular weight is 271 g/mol. The Morgan fingerprint density at radius 3 is 2.58 bits per heavy atom. The molecular weight excluding hydrogens is 263 g/mol. The molecule has 0 unspecified atom stereocenters. The van der Waals surface area contributed by atoms with Gasteiger partial charge < -0.3 is 5.11 Å². The molecular formula is C12H8F3NO3. The molecule has 0 bridgehead atoms. The van der Waals surface area contributed by atoms with Crippen LogP contribution in [0.15, 0.2) is 12.1 Å². The molecule has 0 aliphatic heterocycles. The average Bonchev–Trinajstić information content (AvgIpc) is 2.28. The van der Waals surface area contributed by atoms with Gasteiger partial charge in [-0.25, -0.2) is 9.78 Å². The van der Waals surface area contributed by atoms with Crippen molar-refractivity contribution in [3.05, 3.63) is 34.7 Å². The number of aryl methyl sites for hydroxylation is 1. The summed E-state index contributed by atoms with van der Waals surface area (Å²) >= 11 is 0. The number of aromatic nitrogens is 1. The topological polar surface area (TPSA) is 67.3 Å². The van der Waals surface area contributed by atoms with Crippen molar-refractivity contribution >= 4 is 17.3 Å². The van der Waals surface area contributed by atoms with Gasteiger partial charge in [0.25, 0.3) is 0 Å². The normalized spacial score (nSPS) is 14.9. The number of aromatic carboxylic acids is 1. The van der Waals surface area contributed by atoms with E-state index in [1.807, 2.05) is 0 Å². The molecule has 0 radical (unpaired) electrons. The molecule has 1 aliphatic carbocycles. The Morgan fingerprint density at radius 2 is 2.05 bits per heavy atom. The zero-order valence-corrected chi connectivity index (χ0v) is 9.71. The third kappa shape index (κ3) is 2.23. The van der Waals surface area contributed by atoms with E-state index >= 15 is 0 Å². The second-order valence-electron chi connectivity index (χ2n) is 4.10. The molecule has 1 aromatic heterocycles. The van der Waals surface area contributed by atoms with Crippen LogP contribution in [0, 0.1) is 6.92 Å². The van der Waals surface area contributed by atoms with E-state index in [1.54, 1.807) is 0 Å². The van der Waals surface area contributed by atoms with E-state index in [-0.39, 0.29) is 11.1 Å². The number of carboxylic acids is 1. The number of nitrogens with zero attached hydrogens (tertiary/aromatic N) is 1. The first-order chi connectivity index (χ1) is 8.71. The number of Topliss-reactive ketones (excluding diaryl/α,β-unsaturated/α-hetero) is 1. The number of hydrogen-bond donors (Lipinski definition) is 1. The molecule has 1 N–H and O–H groups in total.